The first-order chi connectivity index (χ1) is 23.4. The zero-order chi connectivity index (χ0) is 32.5. The molecule has 6 aliphatic carbocycles. The Morgan fingerprint density at radius 2 is 1.00 bits per heavy atom. The van der Waals surface area contributed by atoms with Crippen LogP contribution in [0.5, 0.6) is 23.0 Å². The molecule has 2 N–H and O–H groups in total. The smallest absolute Gasteiger partial charge is 0.303 e. The van der Waals surface area contributed by atoms with Crippen molar-refractivity contribution in [2.24, 2.45) is 71.0 Å². The summed E-state index contributed by atoms with van der Waals surface area (Å²) < 4.78 is 22.5. The average Bonchev–Trinajstić information content (AvgIpc) is 3.75. The number of ether oxygens (including phenoxy) is 4. The SMILES string of the molecule is O=C(O)CCC[C@@H]1[C@@H](Cc2ccc3c(c2)OCO3)[C@H]2C=C[C@@H]3[C@@H]4C=C[C@H]([C@@H]3[C@H]21)[C@H]1[C@H](CCCC(=O)O)[C@@H](Cc2ccc3c(c2)OCO3)[C@@H]41. The molecule has 3 saturated carbocycles. The van der Waals surface area contributed by atoms with Crippen LogP contribution in [0.15, 0.2) is 60.7 Å². The molecule has 2 aromatic carbocycles. The summed E-state index contributed by atoms with van der Waals surface area (Å²) in [4.78, 5) is 23.1. The number of carboxylic acids is 2. The van der Waals surface area contributed by atoms with E-state index in [0.717, 1.165) is 55.1 Å². The summed E-state index contributed by atoms with van der Waals surface area (Å²) in [6.45, 7) is 0.537. The number of carbonyl (C=O) groups is 2. The summed E-state index contributed by atoms with van der Waals surface area (Å²) in [5, 5.41) is 19.0. The molecule has 2 aromatic rings. The fourth-order valence-corrected chi connectivity index (χ4v) is 11.8. The molecule has 0 amide bonds. The molecular formula is C40H44O8. The second-order valence-electron chi connectivity index (χ2n) is 15.4. The van der Waals surface area contributed by atoms with Gasteiger partial charge in [-0.25, -0.2) is 0 Å². The number of hydrogen-bond donors (Lipinski definition) is 2. The van der Waals surface area contributed by atoms with Gasteiger partial charge in [-0.2, -0.15) is 0 Å². The van der Waals surface area contributed by atoms with Gasteiger partial charge in [0.05, 0.1) is 0 Å². The summed E-state index contributed by atoms with van der Waals surface area (Å²) >= 11 is 0. The van der Waals surface area contributed by atoms with Gasteiger partial charge in [0.2, 0.25) is 13.6 Å². The highest BCUT2D eigenvalue weighted by atomic mass is 16.7. The van der Waals surface area contributed by atoms with Gasteiger partial charge < -0.3 is 29.2 Å². The standard InChI is InChI=1S/C40H44O8/c41-35(42)5-1-3-23-29(15-21-7-13-31-33(17-21)47-19-45-31)27-10-9-25-26-11-12-28(39(25)37(23)27)38-24(4-2-6-36(43)44)30(40(26)38)16-22-8-14-32-34(18-22)48-20-46-32/h7-14,17-18,23-30,37-40H,1-6,15-16,19-20H2,(H,41,42)(H,43,44)/t23-,24-,25-,26+,27-,28+,29-,30-,37+,38-,39-,40-/m1/s1. The number of allylic oxidation sites excluding steroid dienone is 4. The molecule has 0 saturated heterocycles. The number of rotatable bonds is 12. The molecule has 0 unspecified atom stereocenters. The molecule has 8 heteroatoms. The Hall–Kier alpha value is -3.94. The van der Waals surface area contributed by atoms with Crippen LogP contribution in [0.1, 0.15) is 49.7 Å². The number of carboxylic acid groups (broad SMARTS) is 2. The molecule has 0 radical (unpaired) electrons. The maximum absolute atomic E-state index is 11.6. The summed E-state index contributed by atoms with van der Waals surface area (Å²) in [7, 11) is 0. The van der Waals surface area contributed by atoms with Crippen LogP contribution in [0, 0.1) is 71.0 Å². The lowest BCUT2D eigenvalue weighted by Gasteiger charge is -2.71. The van der Waals surface area contributed by atoms with Crippen LogP contribution >= 0.6 is 0 Å². The van der Waals surface area contributed by atoms with Crippen molar-refractivity contribution < 1.29 is 38.7 Å². The quantitative estimate of drug-likeness (QED) is 0.236. The Labute approximate surface area is 281 Å². The fourth-order valence-electron chi connectivity index (χ4n) is 11.8. The summed E-state index contributed by atoms with van der Waals surface area (Å²) in [6, 6.07) is 12.7. The van der Waals surface area contributed by atoms with E-state index < -0.39 is 11.9 Å². The molecule has 3 fully saturated rings. The van der Waals surface area contributed by atoms with Crippen LogP contribution in [0.25, 0.3) is 0 Å². The third kappa shape index (κ3) is 4.92. The second-order valence-corrected chi connectivity index (χ2v) is 15.4. The minimum absolute atomic E-state index is 0.221. The van der Waals surface area contributed by atoms with Crippen LogP contribution in [-0.2, 0) is 22.4 Å². The molecule has 8 nitrogen and oxygen atoms in total. The monoisotopic (exact) mass is 652 g/mol. The lowest BCUT2D eigenvalue weighted by atomic mass is 9.33. The predicted molar refractivity (Wildman–Crippen MR) is 176 cm³/mol. The number of benzene rings is 2. The molecule has 2 bridgehead atoms. The molecular weight excluding hydrogens is 608 g/mol. The molecule has 12 atom stereocenters. The van der Waals surface area contributed by atoms with Crippen molar-refractivity contribution in [1.29, 1.82) is 0 Å². The van der Waals surface area contributed by atoms with Crippen LogP contribution in [-0.4, -0.2) is 35.7 Å². The van der Waals surface area contributed by atoms with Gasteiger partial charge in [-0.05, 0) is 145 Å². The van der Waals surface area contributed by atoms with E-state index in [2.05, 4.69) is 48.6 Å². The van der Waals surface area contributed by atoms with E-state index in [1.807, 2.05) is 12.1 Å². The van der Waals surface area contributed by atoms with Crippen molar-refractivity contribution in [3.8, 4) is 23.0 Å². The third-order valence-corrected chi connectivity index (χ3v) is 13.4. The summed E-state index contributed by atoms with van der Waals surface area (Å²) in [5.41, 5.74) is 2.53. The zero-order valence-electron chi connectivity index (χ0n) is 27.1. The molecule has 8 aliphatic rings. The average molecular weight is 653 g/mol. The normalized spacial score (nSPS) is 36.8. The molecule has 2 aliphatic heterocycles. The molecule has 0 aromatic heterocycles. The highest BCUT2D eigenvalue weighted by Crippen LogP contribution is 2.72. The van der Waals surface area contributed by atoms with Gasteiger partial charge in [0.25, 0.3) is 0 Å². The van der Waals surface area contributed by atoms with Crippen LogP contribution in [0.2, 0.25) is 0 Å². The summed E-state index contributed by atoms with van der Waals surface area (Å²) in [5.74, 6) is 8.07. The van der Waals surface area contributed by atoms with Gasteiger partial charge in [-0.15, -0.1) is 0 Å². The van der Waals surface area contributed by atoms with Crippen LogP contribution in [0.4, 0.5) is 0 Å². The molecule has 48 heavy (non-hydrogen) atoms. The van der Waals surface area contributed by atoms with Gasteiger partial charge in [-0.1, -0.05) is 36.4 Å². The molecule has 2 heterocycles. The Bertz CT molecular complexity index is 1660. The van der Waals surface area contributed by atoms with Gasteiger partial charge in [0.1, 0.15) is 0 Å². The molecule has 10 rings (SSSR count). The van der Waals surface area contributed by atoms with Crippen molar-refractivity contribution in [2.45, 2.75) is 51.4 Å². The maximum Gasteiger partial charge on any atom is 0.303 e. The van der Waals surface area contributed by atoms with Crippen LogP contribution < -0.4 is 18.9 Å². The Balaban J connectivity index is 0.993. The number of fused-ring (bicyclic) bond motifs is 3. The van der Waals surface area contributed by atoms with E-state index in [9.17, 15) is 19.8 Å². The fraction of sp³-hybridized carbons (Fsp3) is 0.550. The first-order valence-electron chi connectivity index (χ1n) is 18.0. The Morgan fingerprint density at radius 1 is 0.542 bits per heavy atom. The van der Waals surface area contributed by atoms with Gasteiger partial charge in [0, 0.05) is 12.8 Å². The largest absolute Gasteiger partial charge is 0.481 e. The number of hydrogen-bond acceptors (Lipinski definition) is 6. The van der Waals surface area contributed by atoms with Crippen molar-refractivity contribution in [2.75, 3.05) is 13.6 Å². The third-order valence-electron chi connectivity index (χ3n) is 13.4. The van der Waals surface area contributed by atoms with Crippen molar-refractivity contribution >= 4 is 11.9 Å². The predicted octanol–water partition coefficient (Wildman–Crippen LogP) is 7.01. The van der Waals surface area contributed by atoms with Gasteiger partial charge in [-0.3, -0.25) is 9.59 Å². The van der Waals surface area contributed by atoms with E-state index >= 15 is 0 Å². The molecule has 252 valence electrons. The topological polar surface area (TPSA) is 112 Å². The van der Waals surface area contributed by atoms with E-state index in [1.54, 1.807) is 0 Å². The highest BCUT2D eigenvalue weighted by molar-refractivity contribution is 5.66. The lowest BCUT2D eigenvalue weighted by molar-refractivity contribution is -0.191. The summed E-state index contributed by atoms with van der Waals surface area (Å²) in [6.07, 6.45) is 15.9. The minimum atomic E-state index is -0.714. The molecule has 0 spiro atoms. The first-order valence-corrected chi connectivity index (χ1v) is 18.0. The lowest BCUT2D eigenvalue weighted by Crippen LogP contribution is -2.67. The van der Waals surface area contributed by atoms with E-state index in [-0.39, 0.29) is 26.4 Å². The Kier molecular flexibility index (Phi) is 7.46. The van der Waals surface area contributed by atoms with Crippen LogP contribution in [0.3, 0.4) is 0 Å². The Morgan fingerprint density at radius 3 is 1.60 bits per heavy atom. The second kappa shape index (κ2) is 11.9. The first kappa shape index (κ1) is 30.1. The number of aliphatic carboxylic acids is 2. The van der Waals surface area contributed by atoms with E-state index in [4.69, 9.17) is 18.9 Å². The van der Waals surface area contributed by atoms with E-state index in [1.165, 1.54) is 11.1 Å². The van der Waals surface area contributed by atoms with Crippen molar-refractivity contribution in [3.05, 3.63) is 71.8 Å². The zero-order valence-corrected chi connectivity index (χ0v) is 27.1. The van der Waals surface area contributed by atoms with Gasteiger partial charge >= 0.3 is 11.9 Å². The van der Waals surface area contributed by atoms with E-state index in [0.29, 0.717) is 77.4 Å². The van der Waals surface area contributed by atoms with Gasteiger partial charge in [0.15, 0.2) is 23.0 Å². The minimum Gasteiger partial charge on any atom is -0.481 e. The van der Waals surface area contributed by atoms with Crippen molar-refractivity contribution in [1.82, 2.24) is 0 Å². The highest BCUT2D eigenvalue weighted by Gasteiger charge is 2.67. The maximum atomic E-state index is 11.6. The van der Waals surface area contributed by atoms with Crippen molar-refractivity contribution in [3.63, 3.8) is 0 Å².